The van der Waals surface area contributed by atoms with E-state index in [1.807, 2.05) is 12.1 Å². The Morgan fingerprint density at radius 1 is 1.13 bits per heavy atom. The van der Waals surface area contributed by atoms with Gasteiger partial charge in [0.05, 0.1) is 0 Å². The van der Waals surface area contributed by atoms with E-state index < -0.39 is 0 Å². The molecular weight excluding hydrogens is 310 g/mol. The van der Waals surface area contributed by atoms with Gasteiger partial charge in [0.2, 0.25) is 0 Å². The predicted octanol–water partition coefficient (Wildman–Crippen LogP) is 3.13. The van der Waals surface area contributed by atoms with Crippen LogP contribution < -0.4 is 5.32 Å². The topological polar surface area (TPSA) is 45.2 Å². The molecule has 1 saturated heterocycles. The fourth-order valence-electron chi connectivity index (χ4n) is 2.86. The normalized spacial score (nSPS) is 16.2. The Bertz CT molecular complexity index is 637. The molecule has 1 N–H and O–H groups in total. The molecule has 0 bridgehead atoms. The number of nitrogens with one attached hydrogen (secondary N) is 1. The molecule has 2 aromatic rings. The zero-order valence-corrected chi connectivity index (χ0v) is 13.7. The van der Waals surface area contributed by atoms with Crippen molar-refractivity contribution in [2.24, 2.45) is 0 Å². The van der Waals surface area contributed by atoms with Crippen molar-refractivity contribution in [1.82, 2.24) is 15.2 Å². The molecular formula is C18H20ClN3O. The average molecular weight is 330 g/mol. The highest BCUT2D eigenvalue weighted by atomic mass is 35.5. The van der Waals surface area contributed by atoms with Crippen molar-refractivity contribution in [3.63, 3.8) is 0 Å². The standard InChI is InChI=1S/C18H20ClN3O/c19-16-3-1-14(2-4-16)13-22-11-7-17(8-12-22)21-18(23)15-5-9-20-10-6-15/h1-6,9-10,17H,7-8,11-13H2,(H,21,23). The van der Waals surface area contributed by atoms with E-state index in [1.54, 1.807) is 24.5 Å². The third-order valence-electron chi connectivity index (χ3n) is 4.18. The Labute approximate surface area is 141 Å². The van der Waals surface area contributed by atoms with Gasteiger partial charge in [0.25, 0.3) is 5.91 Å². The third-order valence-corrected chi connectivity index (χ3v) is 4.44. The van der Waals surface area contributed by atoms with Crippen molar-refractivity contribution >= 4 is 17.5 Å². The molecule has 0 unspecified atom stereocenters. The lowest BCUT2D eigenvalue weighted by Gasteiger charge is -2.32. The molecule has 23 heavy (non-hydrogen) atoms. The fourth-order valence-corrected chi connectivity index (χ4v) is 2.98. The van der Waals surface area contributed by atoms with Crippen LogP contribution in [0.2, 0.25) is 5.02 Å². The molecule has 0 spiro atoms. The number of aromatic nitrogens is 1. The highest BCUT2D eigenvalue weighted by Crippen LogP contribution is 2.16. The number of carbonyl (C=O) groups is 1. The van der Waals surface area contributed by atoms with Crippen molar-refractivity contribution in [3.8, 4) is 0 Å². The molecule has 1 fully saturated rings. The predicted molar refractivity (Wildman–Crippen MR) is 91.5 cm³/mol. The van der Waals surface area contributed by atoms with Crippen molar-refractivity contribution in [2.75, 3.05) is 13.1 Å². The minimum absolute atomic E-state index is 0.0106. The van der Waals surface area contributed by atoms with E-state index in [-0.39, 0.29) is 11.9 Å². The van der Waals surface area contributed by atoms with E-state index in [9.17, 15) is 4.79 Å². The summed E-state index contributed by atoms with van der Waals surface area (Å²) >= 11 is 5.91. The maximum Gasteiger partial charge on any atom is 0.251 e. The van der Waals surface area contributed by atoms with Crippen molar-refractivity contribution in [2.45, 2.75) is 25.4 Å². The summed E-state index contributed by atoms with van der Waals surface area (Å²) in [4.78, 5) is 18.5. The number of carbonyl (C=O) groups excluding carboxylic acids is 1. The zero-order chi connectivity index (χ0) is 16.1. The van der Waals surface area contributed by atoms with Crippen LogP contribution in [0.4, 0.5) is 0 Å². The summed E-state index contributed by atoms with van der Waals surface area (Å²) in [5.41, 5.74) is 1.94. The second-order valence-corrected chi connectivity index (χ2v) is 6.32. The van der Waals surface area contributed by atoms with Crippen LogP contribution >= 0.6 is 11.6 Å². The Morgan fingerprint density at radius 3 is 2.43 bits per heavy atom. The minimum atomic E-state index is -0.0106. The van der Waals surface area contributed by atoms with Gasteiger partial charge in [-0.05, 0) is 42.7 Å². The van der Waals surface area contributed by atoms with Gasteiger partial charge in [-0.25, -0.2) is 0 Å². The van der Waals surface area contributed by atoms with Crippen LogP contribution in [0.1, 0.15) is 28.8 Å². The quantitative estimate of drug-likeness (QED) is 0.937. The highest BCUT2D eigenvalue weighted by Gasteiger charge is 2.21. The van der Waals surface area contributed by atoms with Gasteiger partial charge in [-0.2, -0.15) is 0 Å². The van der Waals surface area contributed by atoms with Crippen molar-refractivity contribution in [3.05, 3.63) is 64.9 Å². The first-order valence-corrected chi connectivity index (χ1v) is 8.26. The molecule has 5 heteroatoms. The van der Waals surface area contributed by atoms with Crippen LogP contribution in [0, 0.1) is 0 Å². The Kier molecular flexibility index (Phi) is 5.26. The first-order valence-electron chi connectivity index (χ1n) is 7.88. The minimum Gasteiger partial charge on any atom is -0.349 e. The molecule has 1 amide bonds. The van der Waals surface area contributed by atoms with Gasteiger partial charge < -0.3 is 5.32 Å². The Hall–Kier alpha value is -1.91. The van der Waals surface area contributed by atoms with Crippen LogP contribution in [0.5, 0.6) is 0 Å². The second-order valence-electron chi connectivity index (χ2n) is 5.89. The Balaban J connectivity index is 1.47. The molecule has 2 heterocycles. The van der Waals surface area contributed by atoms with Crippen LogP contribution in [-0.4, -0.2) is 34.9 Å². The lowest BCUT2D eigenvalue weighted by Crippen LogP contribution is -2.44. The SMILES string of the molecule is O=C(NC1CCN(Cc2ccc(Cl)cc2)CC1)c1ccncc1. The van der Waals surface area contributed by atoms with Gasteiger partial charge in [-0.1, -0.05) is 23.7 Å². The van der Waals surface area contributed by atoms with E-state index in [1.165, 1.54) is 5.56 Å². The van der Waals surface area contributed by atoms with Gasteiger partial charge in [-0.3, -0.25) is 14.7 Å². The van der Waals surface area contributed by atoms with Crippen molar-refractivity contribution < 1.29 is 4.79 Å². The van der Waals surface area contributed by atoms with E-state index in [0.717, 1.165) is 37.5 Å². The number of rotatable bonds is 4. The number of likely N-dealkylation sites (tertiary alicyclic amines) is 1. The first-order chi connectivity index (χ1) is 11.2. The van der Waals surface area contributed by atoms with Gasteiger partial charge in [0, 0.05) is 48.7 Å². The number of piperidine rings is 1. The molecule has 0 radical (unpaired) electrons. The largest absolute Gasteiger partial charge is 0.349 e. The van der Waals surface area contributed by atoms with Gasteiger partial charge in [-0.15, -0.1) is 0 Å². The summed E-state index contributed by atoms with van der Waals surface area (Å²) in [6, 6.07) is 11.7. The molecule has 0 saturated carbocycles. The summed E-state index contributed by atoms with van der Waals surface area (Å²) in [7, 11) is 0. The van der Waals surface area contributed by atoms with Crippen LogP contribution in [0.3, 0.4) is 0 Å². The zero-order valence-electron chi connectivity index (χ0n) is 12.9. The Morgan fingerprint density at radius 2 is 1.78 bits per heavy atom. The van der Waals surface area contributed by atoms with Gasteiger partial charge >= 0.3 is 0 Å². The summed E-state index contributed by atoms with van der Waals surface area (Å²) in [5.74, 6) is -0.0106. The average Bonchev–Trinajstić information content (AvgIpc) is 2.59. The number of hydrogen-bond donors (Lipinski definition) is 1. The molecule has 1 aromatic heterocycles. The number of halogens is 1. The number of hydrogen-bond acceptors (Lipinski definition) is 3. The summed E-state index contributed by atoms with van der Waals surface area (Å²) in [6.07, 6.45) is 5.24. The summed E-state index contributed by atoms with van der Waals surface area (Å²) < 4.78 is 0. The lowest BCUT2D eigenvalue weighted by atomic mass is 10.0. The second kappa shape index (κ2) is 7.57. The monoisotopic (exact) mass is 329 g/mol. The smallest absolute Gasteiger partial charge is 0.251 e. The maximum absolute atomic E-state index is 12.2. The van der Waals surface area contributed by atoms with E-state index in [4.69, 9.17) is 11.6 Å². The number of benzene rings is 1. The number of pyridine rings is 1. The van der Waals surface area contributed by atoms with E-state index in [0.29, 0.717) is 5.56 Å². The molecule has 4 nitrogen and oxygen atoms in total. The summed E-state index contributed by atoms with van der Waals surface area (Å²) in [5, 5.41) is 3.89. The van der Waals surface area contributed by atoms with E-state index >= 15 is 0 Å². The molecule has 120 valence electrons. The number of nitrogens with zero attached hydrogens (tertiary/aromatic N) is 2. The maximum atomic E-state index is 12.2. The van der Waals surface area contributed by atoms with Gasteiger partial charge in [0.15, 0.2) is 0 Å². The molecule has 3 rings (SSSR count). The van der Waals surface area contributed by atoms with Gasteiger partial charge in [0.1, 0.15) is 0 Å². The molecule has 1 aromatic carbocycles. The van der Waals surface area contributed by atoms with Crippen LogP contribution in [0.15, 0.2) is 48.8 Å². The number of amides is 1. The molecule has 0 atom stereocenters. The third kappa shape index (κ3) is 4.53. The highest BCUT2D eigenvalue weighted by molar-refractivity contribution is 6.30. The molecule has 1 aliphatic heterocycles. The van der Waals surface area contributed by atoms with Crippen LogP contribution in [0.25, 0.3) is 0 Å². The van der Waals surface area contributed by atoms with Crippen LogP contribution in [-0.2, 0) is 6.54 Å². The molecule has 0 aliphatic carbocycles. The summed E-state index contributed by atoms with van der Waals surface area (Å²) in [6.45, 7) is 2.91. The fraction of sp³-hybridized carbons (Fsp3) is 0.333. The van der Waals surface area contributed by atoms with E-state index in [2.05, 4.69) is 27.3 Å². The molecule has 1 aliphatic rings. The lowest BCUT2D eigenvalue weighted by molar-refractivity contribution is 0.0909. The first kappa shape index (κ1) is 16.0. The van der Waals surface area contributed by atoms with Crippen molar-refractivity contribution in [1.29, 1.82) is 0 Å².